The molecule has 3 aromatic rings. The zero-order chi connectivity index (χ0) is 26.3. The number of carbonyl (C=O) groups excluding carboxylic acids is 1. The van der Waals surface area contributed by atoms with E-state index in [1.54, 1.807) is 0 Å². The van der Waals surface area contributed by atoms with Crippen LogP contribution in [-0.2, 0) is 12.0 Å². The Hall–Kier alpha value is -3.20. The number of fused-ring (bicyclic) bond motifs is 1. The fourth-order valence-corrected chi connectivity index (χ4v) is 5.61. The third kappa shape index (κ3) is 4.43. The summed E-state index contributed by atoms with van der Waals surface area (Å²) in [7, 11) is 0. The minimum absolute atomic E-state index is 0.00117. The summed E-state index contributed by atoms with van der Waals surface area (Å²) in [6.45, 7) is 2.11. The van der Waals surface area contributed by atoms with Crippen molar-refractivity contribution in [3.63, 3.8) is 0 Å². The number of carbonyl (C=O) groups is 1. The SMILES string of the molecule is C[C@H](O)COc1ccc(C(N)=O)c(-c2c(Cl)c(F)cc3c2C[C@](c2ccccc2)([C@@H]2CCCN2)O3)c1F. The summed E-state index contributed by atoms with van der Waals surface area (Å²) < 4.78 is 43.2. The summed E-state index contributed by atoms with van der Waals surface area (Å²) in [6, 6.07) is 13.3. The van der Waals surface area contributed by atoms with Crippen LogP contribution in [0.3, 0.4) is 0 Å². The van der Waals surface area contributed by atoms with E-state index in [0.717, 1.165) is 24.9 Å². The highest BCUT2D eigenvalue weighted by Gasteiger charge is 2.50. The largest absolute Gasteiger partial charge is 0.488 e. The summed E-state index contributed by atoms with van der Waals surface area (Å²) in [5.74, 6) is -2.65. The molecule has 37 heavy (non-hydrogen) atoms. The number of aliphatic hydroxyl groups is 1. The first-order valence-corrected chi connectivity index (χ1v) is 12.5. The van der Waals surface area contributed by atoms with Gasteiger partial charge in [-0.05, 0) is 44.0 Å². The standard InChI is InChI=1S/C28H27ClF2N2O4/c1-15(34)14-36-20-10-9-17(27(32)35)24(26(20)31)23-18-13-28(22-8-5-11-33-22,16-6-3-2-4-7-16)37-21(18)12-19(30)25(23)29/h2-4,6-7,9-10,12,15,22,33-34H,5,8,11,13-14H2,1H3,(H2,32,35)/t15-,22-,28-/m0/s1. The second kappa shape index (κ2) is 9.93. The molecule has 1 fully saturated rings. The van der Waals surface area contributed by atoms with Gasteiger partial charge in [-0.2, -0.15) is 0 Å². The van der Waals surface area contributed by atoms with E-state index in [1.807, 2.05) is 30.3 Å². The zero-order valence-electron chi connectivity index (χ0n) is 20.2. The minimum atomic E-state index is -0.928. The fraction of sp³-hybridized carbons (Fsp3) is 0.321. The van der Waals surface area contributed by atoms with Crippen LogP contribution >= 0.6 is 11.6 Å². The predicted molar refractivity (Wildman–Crippen MR) is 136 cm³/mol. The van der Waals surface area contributed by atoms with Gasteiger partial charge >= 0.3 is 0 Å². The van der Waals surface area contributed by atoms with E-state index in [1.165, 1.54) is 25.1 Å². The summed E-state index contributed by atoms with van der Waals surface area (Å²) in [4.78, 5) is 12.4. The summed E-state index contributed by atoms with van der Waals surface area (Å²) in [5.41, 5.74) is 5.64. The van der Waals surface area contributed by atoms with Gasteiger partial charge in [0.05, 0.1) is 22.7 Å². The first-order chi connectivity index (χ1) is 17.7. The number of hydrogen-bond donors (Lipinski definition) is 3. The molecule has 6 nitrogen and oxygen atoms in total. The van der Waals surface area contributed by atoms with Crippen LogP contribution in [0.15, 0.2) is 48.5 Å². The van der Waals surface area contributed by atoms with Gasteiger partial charge in [-0.25, -0.2) is 8.78 Å². The molecule has 0 saturated carbocycles. The second-order valence-electron chi connectivity index (χ2n) is 9.53. The minimum Gasteiger partial charge on any atom is -0.488 e. The lowest BCUT2D eigenvalue weighted by Gasteiger charge is -2.35. The second-order valence-corrected chi connectivity index (χ2v) is 9.91. The average Bonchev–Trinajstić information content (AvgIpc) is 3.54. The van der Waals surface area contributed by atoms with Gasteiger partial charge in [0.2, 0.25) is 5.91 Å². The molecule has 0 spiro atoms. The molecule has 0 bridgehead atoms. The van der Waals surface area contributed by atoms with E-state index in [2.05, 4.69) is 5.32 Å². The van der Waals surface area contributed by atoms with Crippen molar-refractivity contribution in [1.29, 1.82) is 0 Å². The van der Waals surface area contributed by atoms with E-state index in [4.69, 9.17) is 26.8 Å². The van der Waals surface area contributed by atoms with Crippen molar-refractivity contribution in [2.75, 3.05) is 13.2 Å². The van der Waals surface area contributed by atoms with Crippen molar-refractivity contribution >= 4 is 17.5 Å². The van der Waals surface area contributed by atoms with Gasteiger partial charge in [0.25, 0.3) is 0 Å². The Morgan fingerprint density at radius 1 is 1.27 bits per heavy atom. The number of nitrogens with two attached hydrogens (primary N) is 1. The molecule has 0 radical (unpaired) electrons. The van der Waals surface area contributed by atoms with E-state index >= 15 is 8.78 Å². The number of nitrogens with one attached hydrogen (secondary N) is 1. The van der Waals surface area contributed by atoms with Crippen LogP contribution < -0.4 is 20.5 Å². The van der Waals surface area contributed by atoms with Crippen LogP contribution in [-0.4, -0.2) is 36.3 Å². The van der Waals surface area contributed by atoms with Crippen LogP contribution in [0, 0.1) is 11.6 Å². The molecule has 5 rings (SSSR count). The van der Waals surface area contributed by atoms with Gasteiger partial charge in [0.15, 0.2) is 17.2 Å². The highest BCUT2D eigenvalue weighted by molar-refractivity contribution is 6.34. The van der Waals surface area contributed by atoms with E-state index in [-0.39, 0.29) is 52.3 Å². The van der Waals surface area contributed by atoms with Crippen molar-refractivity contribution < 1.29 is 28.2 Å². The summed E-state index contributed by atoms with van der Waals surface area (Å²) in [6.07, 6.45) is 1.18. The summed E-state index contributed by atoms with van der Waals surface area (Å²) in [5, 5.41) is 12.7. The maximum atomic E-state index is 16.0. The Morgan fingerprint density at radius 3 is 2.68 bits per heavy atom. The molecule has 1 saturated heterocycles. The molecule has 2 aliphatic rings. The Bertz CT molecular complexity index is 1350. The first-order valence-electron chi connectivity index (χ1n) is 12.1. The van der Waals surface area contributed by atoms with Crippen LogP contribution in [0.1, 0.15) is 41.3 Å². The Balaban J connectivity index is 1.73. The number of benzene rings is 3. The number of amides is 1. The Kier molecular flexibility index (Phi) is 6.83. The molecular weight excluding hydrogens is 502 g/mol. The molecule has 4 N–H and O–H groups in total. The molecule has 3 atom stereocenters. The highest BCUT2D eigenvalue weighted by Crippen LogP contribution is 2.52. The fourth-order valence-electron chi connectivity index (χ4n) is 5.35. The molecule has 194 valence electrons. The number of primary amides is 1. The number of rotatable bonds is 7. The maximum Gasteiger partial charge on any atom is 0.249 e. The predicted octanol–water partition coefficient (Wildman–Crippen LogP) is 4.73. The number of ether oxygens (including phenoxy) is 2. The topological polar surface area (TPSA) is 93.8 Å². The Morgan fingerprint density at radius 2 is 2.03 bits per heavy atom. The van der Waals surface area contributed by atoms with Crippen LogP contribution in [0.25, 0.3) is 11.1 Å². The molecule has 3 aromatic carbocycles. The summed E-state index contributed by atoms with van der Waals surface area (Å²) >= 11 is 6.49. The molecule has 2 aliphatic heterocycles. The van der Waals surface area contributed by atoms with Gasteiger partial charge in [0.1, 0.15) is 18.2 Å². The van der Waals surface area contributed by atoms with Gasteiger partial charge in [-0.3, -0.25) is 4.79 Å². The highest BCUT2D eigenvalue weighted by atomic mass is 35.5. The molecular formula is C28H27ClF2N2O4. The van der Waals surface area contributed by atoms with Gasteiger partial charge in [-0.1, -0.05) is 41.9 Å². The molecule has 1 amide bonds. The average molecular weight is 529 g/mol. The lowest BCUT2D eigenvalue weighted by atomic mass is 9.80. The molecule has 0 unspecified atom stereocenters. The molecule has 2 heterocycles. The number of halogens is 3. The molecule has 0 aliphatic carbocycles. The van der Waals surface area contributed by atoms with E-state index < -0.39 is 29.2 Å². The third-order valence-electron chi connectivity index (χ3n) is 7.01. The monoisotopic (exact) mass is 528 g/mol. The quantitative estimate of drug-likeness (QED) is 0.412. The van der Waals surface area contributed by atoms with Gasteiger partial charge in [-0.15, -0.1) is 0 Å². The smallest absolute Gasteiger partial charge is 0.249 e. The molecule has 0 aromatic heterocycles. The van der Waals surface area contributed by atoms with Crippen molar-refractivity contribution in [3.05, 3.63) is 81.9 Å². The number of aliphatic hydroxyl groups excluding tert-OH is 1. The Labute approximate surface area is 218 Å². The first kappa shape index (κ1) is 25.4. The number of hydrogen-bond acceptors (Lipinski definition) is 5. The molecule has 9 heteroatoms. The van der Waals surface area contributed by atoms with Crippen LogP contribution in [0.5, 0.6) is 11.5 Å². The van der Waals surface area contributed by atoms with Crippen molar-refractivity contribution in [1.82, 2.24) is 5.32 Å². The van der Waals surface area contributed by atoms with Gasteiger partial charge in [0, 0.05) is 29.2 Å². The third-order valence-corrected chi connectivity index (χ3v) is 7.37. The van der Waals surface area contributed by atoms with E-state index in [9.17, 15) is 9.90 Å². The zero-order valence-corrected chi connectivity index (χ0v) is 20.9. The van der Waals surface area contributed by atoms with Crippen molar-refractivity contribution in [2.24, 2.45) is 5.73 Å². The normalized spacial score (nSPS) is 21.4. The lowest BCUT2D eigenvalue weighted by Crippen LogP contribution is -2.48. The van der Waals surface area contributed by atoms with Crippen LogP contribution in [0.2, 0.25) is 5.02 Å². The van der Waals surface area contributed by atoms with Crippen LogP contribution in [0.4, 0.5) is 8.78 Å². The van der Waals surface area contributed by atoms with E-state index in [0.29, 0.717) is 5.56 Å². The van der Waals surface area contributed by atoms with Gasteiger partial charge < -0.3 is 25.6 Å². The maximum absolute atomic E-state index is 16.0. The van der Waals surface area contributed by atoms with Crippen molar-refractivity contribution in [3.8, 4) is 22.6 Å². The van der Waals surface area contributed by atoms with Crippen molar-refractivity contribution in [2.45, 2.75) is 43.9 Å². The lowest BCUT2D eigenvalue weighted by molar-refractivity contribution is 0.0539.